The molecule has 0 aliphatic carbocycles. The van der Waals surface area contributed by atoms with Gasteiger partial charge in [-0.15, -0.1) is 0 Å². The Balaban J connectivity index is 1.86. The highest BCUT2D eigenvalue weighted by Crippen LogP contribution is 2.26. The first kappa shape index (κ1) is 15.0. The Morgan fingerprint density at radius 3 is 2.54 bits per heavy atom. The number of aryl methyl sites for hydroxylation is 1. The van der Waals surface area contributed by atoms with Gasteiger partial charge in [-0.05, 0) is 53.3 Å². The Kier molecular flexibility index (Phi) is 3.62. The van der Waals surface area contributed by atoms with Crippen LogP contribution in [0.15, 0.2) is 66.7 Å². The van der Waals surface area contributed by atoms with Crippen LogP contribution < -0.4 is 5.73 Å². The molecule has 0 saturated heterocycles. The summed E-state index contributed by atoms with van der Waals surface area (Å²) in [4.78, 5) is 0. The summed E-state index contributed by atoms with van der Waals surface area (Å²) in [6.07, 6.45) is 0. The lowest BCUT2D eigenvalue weighted by Gasteiger charge is -2.13. The summed E-state index contributed by atoms with van der Waals surface area (Å²) in [7, 11) is 0. The van der Waals surface area contributed by atoms with E-state index < -0.39 is 0 Å². The molecule has 0 saturated carbocycles. The van der Waals surface area contributed by atoms with Crippen molar-refractivity contribution in [3.63, 3.8) is 0 Å². The second-order valence-electron chi connectivity index (χ2n) is 6.62. The average molecular weight is 314 g/mol. The summed E-state index contributed by atoms with van der Waals surface area (Å²) in [5, 5.41) is 3.89. The number of hydrogen-bond acceptors (Lipinski definition) is 1. The average Bonchev–Trinajstić information content (AvgIpc) is 2.90. The highest BCUT2D eigenvalue weighted by Gasteiger charge is 2.10. The third kappa shape index (κ3) is 2.49. The van der Waals surface area contributed by atoms with Crippen molar-refractivity contribution in [1.82, 2.24) is 4.57 Å². The lowest BCUT2D eigenvalue weighted by atomic mass is 10.0. The standard InChI is InChI=1S/C22H22N2/c1-15-12-19-11-10-18(16(2)23)13-22(19)24(15)14-20-8-5-7-17-6-3-4-9-21(17)20/h3-13,16H,14,23H2,1-2H3. The zero-order chi connectivity index (χ0) is 16.7. The van der Waals surface area contributed by atoms with E-state index in [1.807, 2.05) is 6.92 Å². The lowest BCUT2D eigenvalue weighted by molar-refractivity contribution is 0.799. The van der Waals surface area contributed by atoms with Gasteiger partial charge in [-0.1, -0.05) is 54.6 Å². The van der Waals surface area contributed by atoms with Gasteiger partial charge in [0.25, 0.3) is 0 Å². The molecular formula is C22H22N2. The van der Waals surface area contributed by atoms with Gasteiger partial charge in [0.1, 0.15) is 0 Å². The molecule has 1 aromatic heterocycles. The first-order valence-electron chi connectivity index (χ1n) is 8.45. The molecule has 2 heteroatoms. The van der Waals surface area contributed by atoms with Gasteiger partial charge in [0, 0.05) is 23.8 Å². The highest BCUT2D eigenvalue weighted by molar-refractivity contribution is 5.86. The van der Waals surface area contributed by atoms with Crippen LogP contribution in [0.1, 0.15) is 29.8 Å². The molecule has 0 aliphatic rings. The van der Waals surface area contributed by atoms with E-state index in [2.05, 4.69) is 78.2 Å². The molecule has 2 nitrogen and oxygen atoms in total. The third-order valence-electron chi connectivity index (χ3n) is 4.87. The van der Waals surface area contributed by atoms with Gasteiger partial charge in [0.2, 0.25) is 0 Å². The smallest absolute Gasteiger partial charge is 0.0488 e. The van der Waals surface area contributed by atoms with Crippen LogP contribution in [-0.4, -0.2) is 4.57 Å². The number of benzene rings is 3. The first-order chi connectivity index (χ1) is 11.6. The molecule has 0 amide bonds. The van der Waals surface area contributed by atoms with Gasteiger partial charge in [-0.2, -0.15) is 0 Å². The topological polar surface area (TPSA) is 30.9 Å². The summed E-state index contributed by atoms with van der Waals surface area (Å²) >= 11 is 0. The molecule has 0 radical (unpaired) electrons. The van der Waals surface area contributed by atoms with Crippen molar-refractivity contribution in [3.05, 3.63) is 83.6 Å². The summed E-state index contributed by atoms with van der Waals surface area (Å²) < 4.78 is 2.39. The Morgan fingerprint density at radius 2 is 1.71 bits per heavy atom. The Morgan fingerprint density at radius 1 is 0.917 bits per heavy atom. The largest absolute Gasteiger partial charge is 0.340 e. The number of aromatic nitrogens is 1. The molecule has 4 aromatic rings. The summed E-state index contributed by atoms with van der Waals surface area (Å²) in [5.74, 6) is 0. The molecule has 120 valence electrons. The van der Waals surface area contributed by atoms with Crippen LogP contribution in [0.4, 0.5) is 0 Å². The predicted molar refractivity (Wildman–Crippen MR) is 102 cm³/mol. The minimum atomic E-state index is 0.0515. The molecule has 1 heterocycles. The van der Waals surface area contributed by atoms with E-state index in [0.29, 0.717) is 0 Å². The monoisotopic (exact) mass is 314 g/mol. The second-order valence-corrected chi connectivity index (χ2v) is 6.62. The maximum Gasteiger partial charge on any atom is 0.0488 e. The van der Waals surface area contributed by atoms with Crippen molar-refractivity contribution in [2.45, 2.75) is 26.4 Å². The third-order valence-corrected chi connectivity index (χ3v) is 4.87. The van der Waals surface area contributed by atoms with Crippen molar-refractivity contribution < 1.29 is 0 Å². The van der Waals surface area contributed by atoms with Gasteiger partial charge in [-0.3, -0.25) is 0 Å². The quantitative estimate of drug-likeness (QED) is 0.555. The molecular weight excluding hydrogens is 292 g/mol. The van der Waals surface area contributed by atoms with Crippen LogP contribution in [0.2, 0.25) is 0 Å². The molecule has 0 spiro atoms. The van der Waals surface area contributed by atoms with Gasteiger partial charge in [0.15, 0.2) is 0 Å². The second kappa shape index (κ2) is 5.81. The van der Waals surface area contributed by atoms with Gasteiger partial charge in [-0.25, -0.2) is 0 Å². The fraction of sp³-hybridized carbons (Fsp3) is 0.182. The summed E-state index contributed by atoms with van der Waals surface area (Å²) in [6, 6.07) is 24.0. The van der Waals surface area contributed by atoms with Gasteiger partial charge in [0.05, 0.1) is 0 Å². The van der Waals surface area contributed by atoms with Crippen LogP contribution in [-0.2, 0) is 6.54 Å². The van der Waals surface area contributed by atoms with Crippen molar-refractivity contribution in [1.29, 1.82) is 0 Å². The van der Waals surface area contributed by atoms with E-state index >= 15 is 0 Å². The zero-order valence-electron chi connectivity index (χ0n) is 14.2. The molecule has 3 aromatic carbocycles. The number of rotatable bonds is 3. The summed E-state index contributed by atoms with van der Waals surface area (Å²) in [5.41, 5.74) is 11.1. The van der Waals surface area contributed by atoms with E-state index in [1.54, 1.807) is 0 Å². The van der Waals surface area contributed by atoms with Crippen molar-refractivity contribution in [2.75, 3.05) is 0 Å². The lowest BCUT2D eigenvalue weighted by Crippen LogP contribution is -2.06. The normalized spacial score (nSPS) is 12.8. The van der Waals surface area contributed by atoms with Crippen LogP contribution in [0.5, 0.6) is 0 Å². The molecule has 1 unspecified atom stereocenters. The molecule has 0 aliphatic heterocycles. The summed E-state index contributed by atoms with van der Waals surface area (Å²) in [6.45, 7) is 5.09. The SMILES string of the molecule is Cc1cc2ccc(C(C)N)cc2n1Cc1cccc2ccccc12. The fourth-order valence-corrected chi connectivity index (χ4v) is 3.50. The molecule has 4 rings (SSSR count). The maximum absolute atomic E-state index is 6.08. The van der Waals surface area contributed by atoms with Crippen molar-refractivity contribution in [3.8, 4) is 0 Å². The Hall–Kier alpha value is -2.58. The van der Waals surface area contributed by atoms with Crippen molar-refractivity contribution in [2.24, 2.45) is 5.73 Å². The fourth-order valence-electron chi connectivity index (χ4n) is 3.50. The minimum absolute atomic E-state index is 0.0515. The number of nitrogens with two attached hydrogens (primary N) is 1. The highest BCUT2D eigenvalue weighted by atomic mass is 15.0. The number of fused-ring (bicyclic) bond motifs is 2. The molecule has 2 N–H and O–H groups in total. The van der Waals surface area contributed by atoms with Crippen LogP contribution in [0, 0.1) is 6.92 Å². The first-order valence-corrected chi connectivity index (χ1v) is 8.45. The van der Waals surface area contributed by atoms with Gasteiger partial charge >= 0.3 is 0 Å². The van der Waals surface area contributed by atoms with E-state index in [4.69, 9.17) is 5.73 Å². The van der Waals surface area contributed by atoms with Crippen molar-refractivity contribution >= 4 is 21.7 Å². The van der Waals surface area contributed by atoms with Crippen LogP contribution in [0.25, 0.3) is 21.7 Å². The molecule has 24 heavy (non-hydrogen) atoms. The van der Waals surface area contributed by atoms with E-state index in [1.165, 1.54) is 38.5 Å². The minimum Gasteiger partial charge on any atom is -0.340 e. The number of nitrogens with zero attached hydrogens (tertiary/aromatic N) is 1. The van der Waals surface area contributed by atoms with E-state index in [-0.39, 0.29) is 6.04 Å². The number of hydrogen-bond donors (Lipinski definition) is 1. The Bertz CT molecular complexity index is 1020. The predicted octanol–water partition coefficient (Wildman–Crippen LogP) is 5.17. The van der Waals surface area contributed by atoms with Crippen LogP contribution >= 0.6 is 0 Å². The van der Waals surface area contributed by atoms with Crippen LogP contribution in [0.3, 0.4) is 0 Å². The molecule has 1 atom stereocenters. The Labute approximate surface area is 142 Å². The maximum atomic E-state index is 6.08. The molecule has 0 fully saturated rings. The van der Waals surface area contributed by atoms with Gasteiger partial charge < -0.3 is 10.3 Å². The molecule has 0 bridgehead atoms. The zero-order valence-corrected chi connectivity index (χ0v) is 14.2. The van der Waals surface area contributed by atoms with E-state index in [0.717, 1.165) is 6.54 Å². The van der Waals surface area contributed by atoms with E-state index in [9.17, 15) is 0 Å².